The Hall–Kier alpha value is -2.28. The van der Waals surface area contributed by atoms with Gasteiger partial charge in [-0.3, -0.25) is 4.79 Å². The Kier molecular flexibility index (Phi) is 5.36. The molecule has 2 aromatic rings. The van der Waals surface area contributed by atoms with Crippen LogP contribution in [-0.2, 0) is 15.6 Å². The second kappa shape index (κ2) is 7.53. The van der Waals surface area contributed by atoms with Gasteiger partial charge in [0.25, 0.3) is 5.91 Å². The van der Waals surface area contributed by atoms with E-state index in [-0.39, 0.29) is 11.7 Å². The van der Waals surface area contributed by atoms with Crippen molar-refractivity contribution >= 4 is 21.4 Å². The summed E-state index contributed by atoms with van der Waals surface area (Å²) in [5, 5.41) is -0.426. The summed E-state index contributed by atoms with van der Waals surface area (Å²) >= 11 is 0. The summed E-state index contributed by atoms with van der Waals surface area (Å²) in [4.78, 5) is 16.4. The Balaban J connectivity index is 1.63. The van der Waals surface area contributed by atoms with E-state index >= 15 is 0 Å². The lowest BCUT2D eigenvalue weighted by Crippen LogP contribution is -2.42. The molecule has 1 saturated heterocycles. The van der Waals surface area contributed by atoms with Crippen molar-refractivity contribution in [1.82, 2.24) is 4.90 Å². The second-order valence-corrected chi connectivity index (χ2v) is 9.10. The Morgan fingerprint density at radius 3 is 2.54 bits per heavy atom. The van der Waals surface area contributed by atoms with E-state index in [0.29, 0.717) is 37.3 Å². The van der Waals surface area contributed by atoms with Gasteiger partial charge in [0, 0.05) is 38.4 Å². The predicted molar refractivity (Wildman–Crippen MR) is 101 cm³/mol. The largest absolute Gasteiger partial charge is 0.468 e. The molecular weight excluding hydrogens is 352 g/mol. The number of carbonyl (C=O) groups is 1. The fraction of sp³-hybridized carbons (Fsp3) is 0.421. The van der Waals surface area contributed by atoms with Crippen LogP contribution in [0.1, 0.15) is 29.0 Å². The van der Waals surface area contributed by atoms with Gasteiger partial charge in [-0.05, 0) is 43.2 Å². The fourth-order valence-corrected chi connectivity index (χ4v) is 4.95. The van der Waals surface area contributed by atoms with Crippen LogP contribution in [0.15, 0.2) is 47.1 Å². The maximum atomic E-state index is 12.7. The van der Waals surface area contributed by atoms with Crippen molar-refractivity contribution in [2.24, 2.45) is 0 Å². The van der Waals surface area contributed by atoms with Crippen LogP contribution < -0.4 is 4.90 Å². The Labute approximate surface area is 154 Å². The third kappa shape index (κ3) is 4.09. The number of hydrogen-bond acceptors (Lipinski definition) is 5. The smallest absolute Gasteiger partial charge is 0.253 e. The zero-order valence-corrected chi connectivity index (χ0v) is 15.9. The summed E-state index contributed by atoms with van der Waals surface area (Å²) in [6.07, 6.45) is 2.40. The first-order valence-corrected chi connectivity index (χ1v) is 10.4. The molecule has 0 aliphatic carbocycles. The monoisotopic (exact) mass is 376 g/mol. The lowest BCUT2D eigenvalue weighted by Gasteiger charge is -2.31. The molecule has 1 aliphatic rings. The maximum absolute atomic E-state index is 12.7. The summed E-state index contributed by atoms with van der Waals surface area (Å²) < 4.78 is 30.3. The second-order valence-electron chi connectivity index (χ2n) is 6.82. The molecule has 140 valence electrons. The molecule has 2 heterocycles. The molecule has 1 aromatic heterocycles. The fourth-order valence-electron chi connectivity index (χ4n) is 3.23. The van der Waals surface area contributed by atoms with Crippen molar-refractivity contribution in [2.45, 2.75) is 23.8 Å². The summed E-state index contributed by atoms with van der Waals surface area (Å²) in [5.41, 5.74) is 1.60. The molecule has 7 heteroatoms. The van der Waals surface area contributed by atoms with Gasteiger partial charge in [0.2, 0.25) is 0 Å². The van der Waals surface area contributed by atoms with E-state index in [1.165, 1.54) is 6.26 Å². The van der Waals surface area contributed by atoms with Gasteiger partial charge >= 0.3 is 0 Å². The first-order valence-electron chi connectivity index (χ1n) is 8.67. The van der Waals surface area contributed by atoms with Crippen LogP contribution in [0.2, 0.25) is 0 Å². The number of piperidine rings is 1. The molecule has 0 spiro atoms. The molecule has 0 N–H and O–H groups in total. The summed E-state index contributed by atoms with van der Waals surface area (Å²) in [6, 6.07) is 10.8. The Morgan fingerprint density at radius 2 is 1.92 bits per heavy atom. The molecule has 0 atom stereocenters. The van der Waals surface area contributed by atoms with E-state index in [0.717, 1.165) is 5.69 Å². The Morgan fingerprint density at radius 1 is 1.19 bits per heavy atom. The van der Waals surface area contributed by atoms with Gasteiger partial charge in [-0.1, -0.05) is 6.07 Å². The molecule has 0 bridgehead atoms. The van der Waals surface area contributed by atoms with Gasteiger partial charge in [0.05, 0.1) is 11.5 Å². The zero-order chi connectivity index (χ0) is 18.7. The number of hydrogen-bond donors (Lipinski definition) is 0. The normalized spacial score (nSPS) is 15.8. The lowest BCUT2D eigenvalue weighted by molar-refractivity contribution is 0.0725. The number of nitrogens with zero attached hydrogens (tertiary/aromatic N) is 2. The lowest BCUT2D eigenvalue weighted by atomic mass is 10.1. The maximum Gasteiger partial charge on any atom is 0.253 e. The highest BCUT2D eigenvalue weighted by Gasteiger charge is 2.32. The SMILES string of the molecule is CN(C)c1cccc(C(=O)N2CCC(S(=O)(=O)Cc3ccco3)CC2)c1. The molecule has 0 radical (unpaired) electrons. The summed E-state index contributed by atoms with van der Waals surface area (Å²) in [6.45, 7) is 0.903. The zero-order valence-electron chi connectivity index (χ0n) is 15.1. The van der Waals surface area contributed by atoms with E-state index in [9.17, 15) is 13.2 Å². The molecule has 3 rings (SSSR count). The van der Waals surface area contributed by atoms with E-state index in [4.69, 9.17) is 4.42 Å². The highest BCUT2D eigenvalue weighted by Crippen LogP contribution is 2.23. The molecule has 1 aromatic carbocycles. The van der Waals surface area contributed by atoms with Crippen molar-refractivity contribution in [3.8, 4) is 0 Å². The number of rotatable bonds is 5. The van der Waals surface area contributed by atoms with E-state index in [1.807, 2.05) is 37.2 Å². The topological polar surface area (TPSA) is 70.8 Å². The molecule has 1 amide bonds. The number of benzene rings is 1. The molecule has 26 heavy (non-hydrogen) atoms. The van der Waals surface area contributed by atoms with E-state index < -0.39 is 15.1 Å². The van der Waals surface area contributed by atoms with E-state index in [2.05, 4.69) is 0 Å². The minimum absolute atomic E-state index is 0.0458. The minimum Gasteiger partial charge on any atom is -0.468 e. The van der Waals surface area contributed by atoms with Crippen molar-refractivity contribution < 1.29 is 17.6 Å². The van der Waals surface area contributed by atoms with Gasteiger partial charge < -0.3 is 14.2 Å². The number of carbonyl (C=O) groups excluding carboxylic acids is 1. The molecule has 0 saturated carbocycles. The van der Waals surface area contributed by atoms with E-state index in [1.54, 1.807) is 23.1 Å². The number of furan rings is 1. The van der Waals surface area contributed by atoms with Gasteiger partial charge in [0.1, 0.15) is 11.5 Å². The van der Waals surface area contributed by atoms with Crippen molar-refractivity contribution in [1.29, 1.82) is 0 Å². The standard InChI is InChI=1S/C19H24N2O4S/c1-20(2)16-6-3-5-15(13-16)19(22)21-10-8-18(9-11-21)26(23,24)14-17-7-4-12-25-17/h3-7,12-13,18H,8-11,14H2,1-2H3. The number of anilines is 1. The van der Waals surface area contributed by atoms with Crippen LogP contribution in [0, 0.1) is 0 Å². The number of sulfone groups is 1. The van der Waals surface area contributed by atoms with Gasteiger partial charge in [-0.15, -0.1) is 0 Å². The van der Waals surface area contributed by atoms with Crippen LogP contribution in [0.4, 0.5) is 5.69 Å². The third-order valence-corrected chi connectivity index (χ3v) is 6.94. The third-order valence-electron chi connectivity index (χ3n) is 4.77. The Bertz CT molecular complexity index is 851. The van der Waals surface area contributed by atoms with Crippen LogP contribution in [0.5, 0.6) is 0 Å². The van der Waals surface area contributed by atoms with Crippen molar-refractivity contribution in [2.75, 3.05) is 32.1 Å². The van der Waals surface area contributed by atoms with Crippen LogP contribution in [0.25, 0.3) is 0 Å². The molecule has 1 aliphatic heterocycles. The first-order chi connectivity index (χ1) is 12.4. The summed E-state index contributed by atoms with van der Waals surface area (Å²) in [7, 11) is 0.583. The molecule has 6 nitrogen and oxygen atoms in total. The highest BCUT2D eigenvalue weighted by atomic mass is 32.2. The van der Waals surface area contributed by atoms with Gasteiger partial charge in [-0.2, -0.15) is 0 Å². The highest BCUT2D eigenvalue weighted by molar-refractivity contribution is 7.91. The molecule has 0 unspecified atom stereocenters. The number of likely N-dealkylation sites (tertiary alicyclic amines) is 1. The average molecular weight is 376 g/mol. The van der Waals surface area contributed by atoms with Crippen molar-refractivity contribution in [3.05, 3.63) is 54.0 Å². The summed E-state index contributed by atoms with van der Waals surface area (Å²) in [5.74, 6) is 0.336. The molecular formula is C19H24N2O4S. The number of amides is 1. The van der Waals surface area contributed by atoms with Gasteiger partial charge in [-0.25, -0.2) is 8.42 Å². The molecule has 1 fully saturated rings. The van der Waals surface area contributed by atoms with Crippen LogP contribution in [-0.4, -0.2) is 51.7 Å². The van der Waals surface area contributed by atoms with Gasteiger partial charge in [0.15, 0.2) is 9.84 Å². The average Bonchev–Trinajstić information content (AvgIpc) is 3.13. The quantitative estimate of drug-likeness (QED) is 0.802. The van der Waals surface area contributed by atoms with Crippen LogP contribution >= 0.6 is 0 Å². The minimum atomic E-state index is -3.28. The van der Waals surface area contributed by atoms with Crippen LogP contribution in [0.3, 0.4) is 0 Å². The first kappa shape index (κ1) is 18.5. The van der Waals surface area contributed by atoms with Crippen molar-refractivity contribution in [3.63, 3.8) is 0 Å². The predicted octanol–water partition coefficient (Wildman–Crippen LogP) is 2.57.